The molecule has 0 aliphatic rings. The van der Waals surface area contributed by atoms with E-state index in [0.717, 1.165) is 40.3 Å². The zero-order valence-corrected chi connectivity index (χ0v) is 13.8. The average Bonchev–Trinajstić information content (AvgIpc) is 2.52. The first-order valence-corrected chi connectivity index (χ1v) is 7.63. The number of methoxy groups -OCH3 is 1. The highest BCUT2D eigenvalue weighted by molar-refractivity contribution is 9.10. The normalized spacial score (nSPS) is 10.4. The Morgan fingerprint density at radius 1 is 1.24 bits per heavy atom. The van der Waals surface area contributed by atoms with Crippen LogP contribution in [0.5, 0.6) is 11.5 Å². The fourth-order valence-corrected chi connectivity index (χ4v) is 2.41. The van der Waals surface area contributed by atoms with E-state index in [2.05, 4.69) is 33.2 Å². The third-order valence-corrected chi connectivity index (χ3v) is 3.60. The number of hydrogen-bond donors (Lipinski definition) is 1. The number of ether oxygens (including phenoxy) is 2. The molecule has 1 aromatic heterocycles. The summed E-state index contributed by atoms with van der Waals surface area (Å²) >= 11 is 3.47. The molecule has 0 saturated carbocycles. The second-order valence-corrected chi connectivity index (χ2v) is 5.38. The molecule has 0 atom stereocenters. The molecule has 0 unspecified atom stereocenters. The molecule has 1 aromatic carbocycles. The third-order valence-electron chi connectivity index (χ3n) is 2.98. The fraction of sp³-hybridized carbons (Fsp3) is 0.312. The van der Waals surface area contributed by atoms with Gasteiger partial charge in [0.25, 0.3) is 0 Å². The minimum absolute atomic E-state index is 0.497. The molecule has 0 fully saturated rings. The molecular formula is C16H19BrN2O2. The molecular weight excluding hydrogens is 332 g/mol. The molecule has 0 radical (unpaired) electrons. The van der Waals surface area contributed by atoms with Gasteiger partial charge in [-0.15, -0.1) is 0 Å². The van der Waals surface area contributed by atoms with Crippen molar-refractivity contribution in [3.63, 3.8) is 0 Å². The largest absolute Gasteiger partial charge is 0.496 e. The van der Waals surface area contributed by atoms with Gasteiger partial charge in [0.15, 0.2) is 0 Å². The minimum Gasteiger partial charge on any atom is -0.496 e. The van der Waals surface area contributed by atoms with Crippen LogP contribution < -0.4 is 14.8 Å². The summed E-state index contributed by atoms with van der Waals surface area (Å²) in [4.78, 5) is 4.36. The summed E-state index contributed by atoms with van der Waals surface area (Å²) in [5.74, 6) is 1.58. The van der Waals surface area contributed by atoms with Gasteiger partial charge in [0, 0.05) is 6.54 Å². The Labute approximate surface area is 133 Å². The summed E-state index contributed by atoms with van der Waals surface area (Å²) < 4.78 is 11.9. The number of aromatic nitrogens is 1. The summed E-state index contributed by atoms with van der Waals surface area (Å²) in [6.07, 6.45) is 1.76. The van der Waals surface area contributed by atoms with Crippen molar-refractivity contribution in [1.82, 2.24) is 10.3 Å². The van der Waals surface area contributed by atoms with E-state index in [0.29, 0.717) is 6.61 Å². The molecule has 2 aromatic rings. The maximum atomic E-state index is 5.74. The first-order chi connectivity index (χ1) is 10.2. The molecule has 0 aliphatic carbocycles. The van der Waals surface area contributed by atoms with Crippen LogP contribution in [0.2, 0.25) is 0 Å². The molecule has 0 aliphatic heterocycles. The van der Waals surface area contributed by atoms with Gasteiger partial charge in [-0.1, -0.05) is 13.0 Å². The predicted molar refractivity (Wildman–Crippen MR) is 86.6 cm³/mol. The number of nitrogens with zero attached hydrogens (tertiary/aromatic N) is 1. The van der Waals surface area contributed by atoms with E-state index < -0.39 is 0 Å². The predicted octanol–water partition coefficient (Wildman–Crippen LogP) is 3.54. The van der Waals surface area contributed by atoms with Gasteiger partial charge in [-0.3, -0.25) is 4.98 Å². The molecule has 0 bridgehead atoms. The van der Waals surface area contributed by atoms with Crippen molar-refractivity contribution in [3.05, 3.63) is 52.3 Å². The smallest absolute Gasteiger partial charge is 0.138 e. The molecule has 0 spiro atoms. The van der Waals surface area contributed by atoms with Crippen LogP contribution in [0.1, 0.15) is 18.2 Å². The van der Waals surface area contributed by atoms with Gasteiger partial charge in [0.05, 0.1) is 23.5 Å². The summed E-state index contributed by atoms with van der Waals surface area (Å²) in [6.45, 7) is 4.29. The number of halogens is 1. The minimum atomic E-state index is 0.497. The lowest BCUT2D eigenvalue weighted by atomic mass is 10.2. The average molecular weight is 351 g/mol. The van der Waals surface area contributed by atoms with E-state index in [4.69, 9.17) is 9.47 Å². The Hall–Kier alpha value is -1.59. The molecule has 1 heterocycles. The van der Waals surface area contributed by atoms with E-state index in [9.17, 15) is 0 Å². The highest BCUT2D eigenvalue weighted by atomic mass is 79.9. The second-order valence-electron chi connectivity index (χ2n) is 4.52. The maximum Gasteiger partial charge on any atom is 0.138 e. The second kappa shape index (κ2) is 8.00. The number of hydrogen-bond acceptors (Lipinski definition) is 4. The van der Waals surface area contributed by atoms with Crippen LogP contribution >= 0.6 is 15.9 Å². The van der Waals surface area contributed by atoms with Crippen molar-refractivity contribution < 1.29 is 9.47 Å². The lowest BCUT2D eigenvalue weighted by Crippen LogP contribution is -2.12. The number of pyridine rings is 1. The monoisotopic (exact) mass is 350 g/mol. The van der Waals surface area contributed by atoms with Crippen LogP contribution in [0.3, 0.4) is 0 Å². The van der Waals surface area contributed by atoms with Crippen LogP contribution in [0.25, 0.3) is 0 Å². The van der Waals surface area contributed by atoms with Crippen LogP contribution in [-0.4, -0.2) is 18.6 Å². The zero-order chi connectivity index (χ0) is 15.1. The first kappa shape index (κ1) is 15.8. The lowest BCUT2D eigenvalue weighted by Gasteiger charge is -2.09. The van der Waals surface area contributed by atoms with Gasteiger partial charge in [-0.25, -0.2) is 0 Å². The molecule has 0 saturated heterocycles. The topological polar surface area (TPSA) is 43.4 Å². The summed E-state index contributed by atoms with van der Waals surface area (Å²) in [6, 6.07) is 9.81. The van der Waals surface area contributed by atoms with Gasteiger partial charge in [-0.05, 0) is 52.3 Å². The van der Waals surface area contributed by atoms with E-state index in [-0.39, 0.29) is 0 Å². The van der Waals surface area contributed by atoms with Gasteiger partial charge in [-0.2, -0.15) is 0 Å². The molecule has 21 heavy (non-hydrogen) atoms. The zero-order valence-electron chi connectivity index (χ0n) is 12.2. The maximum absolute atomic E-state index is 5.74. The Bertz CT molecular complexity index is 573. The highest BCUT2D eigenvalue weighted by Crippen LogP contribution is 2.26. The first-order valence-electron chi connectivity index (χ1n) is 6.83. The Balaban J connectivity index is 1.92. The Kier molecular flexibility index (Phi) is 6.02. The van der Waals surface area contributed by atoms with Crippen LogP contribution in [0.15, 0.2) is 41.0 Å². The Morgan fingerprint density at radius 3 is 2.71 bits per heavy atom. The van der Waals surface area contributed by atoms with Crippen molar-refractivity contribution in [2.45, 2.75) is 20.1 Å². The lowest BCUT2D eigenvalue weighted by molar-refractivity contribution is 0.304. The van der Waals surface area contributed by atoms with Crippen LogP contribution in [0, 0.1) is 0 Å². The molecule has 0 amide bonds. The van der Waals surface area contributed by atoms with E-state index in [1.165, 1.54) is 0 Å². The summed E-state index contributed by atoms with van der Waals surface area (Å²) in [7, 11) is 1.65. The van der Waals surface area contributed by atoms with Crippen molar-refractivity contribution in [1.29, 1.82) is 0 Å². The van der Waals surface area contributed by atoms with Crippen LogP contribution in [-0.2, 0) is 13.2 Å². The molecule has 112 valence electrons. The van der Waals surface area contributed by atoms with E-state index in [1.807, 2.05) is 30.3 Å². The van der Waals surface area contributed by atoms with Gasteiger partial charge in [0.2, 0.25) is 0 Å². The highest BCUT2D eigenvalue weighted by Gasteiger charge is 2.03. The fourth-order valence-electron chi connectivity index (χ4n) is 1.82. The number of rotatable bonds is 7. The van der Waals surface area contributed by atoms with Crippen LogP contribution in [0.4, 0.5) is 0 Å². The number of benzene rings is 1. The van der Waals surface area contributed by atoms with Gasteiger partial charge >= 0.3 is 0 Å². The summed E-state index contributed by atoms with van der Waals surface area (Å²) in [5.41, 5.74) is 2.08. The van der Waals surface area contributed by atoms with Gasteiger partial charge in [0.1, 0.15) is 18.1 Å². The van der Waals surface area contributed by atoms with Crippen molar-refractivity contribution >= 4 is 15.9 Å². The molecule has 5 heteroatoms. The summed E-state index contributed by atoms with van der Waals surface area (Å²) in [5, 5.41) is 3.24. The molecule has 2 rings (SSSR count). The molecule has 4 nitrogen and oxygen atoms in total. The Morgan fingerprint density at radius 2 is 2.10 bits per heavy atom. The number of nitrogens with one attached hydrogen (secondary N) is 1. The SMILES string of the molecule is CCNCc1ccc(OCc2ccc(OC)c(Br)c2)cn1. The van der Waals surface area contributed by atoms with Crippen molar-refractivity contribution in [3.8, 4) is 11.5 Å². The standard InChI is InChI=1S/C16H19BrN2O2/c1-3-18-9-13-5-6-14(10-19-13)21-11-12-4-7-16(20-2)15(17)8-12/h4-8,10,18H,3,9,11H2,1-2H3. The van der Waals surface area contributed by atoms with Crippen molar-refractivity contribution in [2.75, 3.05) is 13.7 Å². The quantitative estimate of drug-likeness (QED) is 0.829. The van der Waals surface area contributed by atoms with Crippen molar-refractivity contribution in [2.24, 2.45) is 0 Å². The van der Waals surface area contributed by atoms with E-state index >= 15 is 0 Å². The van der Waals surface area contributed by atoms with Gasteiger partial charge < -0.3 is 14.8 Å². The molecule has 1 N–H and O–H groups in total. The third kappa shape index (κ3) is 4.72. The van der Waals surface area contributed by atoms with E-state index in [1.54, 1.807) is 13.3 Å².